The van der Waals surface area contributed by atoms with Gasteiger partial charge >= 0.3 is 0 Å². The first-order valence-electron chi connectivity index (χ1n) is 7.45. The van der Waals surface area contributed by atoms with Crippen molar-refractivity contribution in [3.8, 4) is 0 Å². The summed E-state index contributed by atoms with van der Waals surface area (Å²) in [5, 5.41) is 14.6. The molecule has 0 saturated carbocycles. The maximum Gasteiger partial charge on any atom is 0.283 e. The van der Waals surface area contributed by atoms with Crippen LogP contribution in [0.3, 0.4) is 0 Å². The Bertz CT molecular complexity index is 610. The zero-order valence-corrected chi connectivity index (χ0v) is 15.0. The fourth-order valence-corrected chi connectivity index (χ4v) is 3.76. The van der Waals surface area contributed by atoms with E-state index in [9.17, 15) is 14.9 Å². The second-order valence-electron chi connectivity index (χ2n) is 6.14. The molecule has 1 amide bonds. The molecule has 1 aromatic rings. The van der Waals surface area contributed by atoms with E-state index < -0.39 is 4.92 Å². The van der Waals surface area contributed by atoms with Crippen molar-refractivity contribution in [1.82, 2.24) is 10.2 Å². The van der Waals surface area contributed by atoms with E-state index in [0.29, 0.717) is 23.0 Å². The number of nitrogens with one attached hydrogen (secondary N) is 1. The quantitative estimate of drug-likeness (QED) is 0.607. The molecule has 0 aliphatic carbocycles. The summed E-state index contributed by atoms with van der Waals surface area (Å²) in [5.74, 6) is -0.236. The van der Waals surface area contributed by atoms with Gasteiger partial charge in [-0.25, -0.2) is 0 Å². The van der Waals surface area contributed by atoms with Gasteiger partial charge in [0.05, 0.1) is 4.92 Å². The Kier molecular flexibility index (Phi) is 5.65. The normalized spacial score (nSPS) is 19.4. The molecule has 8 heteroatoms. The lowest BCUT2D eigenvalue weighted by Crippen LogP contribution is -2.44. The maximum atomic E-state index is 12.6. The second kappa shape index (κ2) is 7.15. The molecule has 2 fully saturated rings. The first-order chi connectivity index (χ1) is 10.5. The van der Waals surface area contributed by atoms with E-state index in [1.807, 2.05) is 0 Å². The monoisotopic (exact) mass is 403 g/mol. The van der Waals surface area contributed by atoms with Crippen LogP contribution >= 0.6 is 28.3 Å². The van der Waals surface area contributed by atoms with Crippen molar-refractivity contribution in [2.75, 3.05) is 26.2 Å². The summed E-state index contributed by atoms with van der Waals surface area (Å²) in [6.07, 6.45) is 3.10. The summed E-state index contributed by atoms with van der Waals surface area (Å²) < 4.78 is 0.602. The highest BCUT2D eigenvalue weighted by molar-refractivity contribution is 9.10. The van der Waals surface area contributed by atoms with Crippen LogP contribution < -0.4 is 5.32 Å². The number of nitro benzene ring substituents is 1. The zero-order chi connectivity index (χ0) is 15.7. The van der Waals surface area contributed by atoms with Gasteiger partial charge in [0.1, 0.15) is 5.56 Å². The van der Waals surface area contributed by atoms with Gasteiger partial charge in [-0.05, 0) is 43.4 Å². The van der Waals surface area contributed by atoms with Crippen molar-refractivity contribution < 1.29 is 9.72 Å². The third-order valence-electron chi connectivity index (χ3n) is 4.83. The maximum absolute atomic E-state index is 12.6. The molecule has 1 N–H and O–H groups in total. The predicted octanol–water partition coefficient (Wildman–Crippen LogP) is 2.99. The Balaban J connectivity index is 0.00000192. The number of nitrogens with zero attached hydrogens (tertiary/aromatic N) is 2. The van der Waals surface area contributed by atoms with Crippen molar-refractivity contribution >= 4 is 39.9 Å². The summed E-state index contributed by atoms with van der Waals surface area (Å²) in [7, 11) is 0. The first kappa shape index (κ1) is 18.2. The van der Waals surface area contributed by atoms with Crippen LogP contribution in [0.25, 0.3) is 0 Å². The summed E-state index contributed by atoms with van der Waals surface area (Å²) in [6, 6.07) is 4.60. The summed E-state index contributed by atoms with van der Waals surface area (Å²) in [5.41, 5.74) is 0.360. The van der Waals surface area contributed by atoms with Crippen molar-refractivity contribution in [3.05, 3.63) is 38.3 Å². The molecule has 1 spiro atoms. The van der Waals surface area contributed by atoms with E-state index >= 15 is 0 Å². The van der Waals surface area contributed by atoms with Gasteiger partial charge in [-0.1, -0.05) is 15.9 Å². The highest BCUT2D eigenvalue weighted by Crippen LogP contribution is 2.37. The topological polar surface area (TPSA) is 75.5 Å². The van der Waals surface area contributed by atoms with E-state index in [4.69, 9.17) is 0 Å². The molecular weight excluding hydrogens is 386 g/mol. The van der Waals surface area contributed by atoms with E-state index in [2.05, 4.69) is 21.2 Å². The molecule has 23 heavy (non-hydrogen) atoms. The molecule has 2 aliphatic rings. The van der Waals surface area contributed by atoms with Gasteiger partial charge in [-0.3, -0.25) is 14.9 Å². The lowest BCUT2D eigenvalue weighted by atomic mass is 9.78. The first-order valence-corrected chi connectivity index (χ1v) is 8.24. The number of hydrogen-bond donors (Lipinski definition) is 1. The Morgan fingerprint density at radius 1 is 1.30 bits per heavy atom. The lowest BCUT2D eigenvalue weighted by molar-refractivity contribution is -0.385. The van der Waals surface area contributed by atoms with Gasteiger partial charge in [0, 0.05) is 30.2 Å². The second-order valence-corrected chi connectivity index (χ2v) is 7.05. The van der Waals surface area contributed by atoms with Gasteiger partial charge in [0.15, 0.2) is 0 Å². The third-order valence-corrected chi connectivity index (χ3v) is 5.32. The average molecular weight is 405 g/mol. The van der Waals surface area contributed by atoms with Crippen LogP contribution in [0, 0.1) is 15.5 Å². The van der Waals surface area contributed by atoms with Gasteiger partial charge < -0.3 is 10.2 Å². The van der Waals surface area contributed by atoms with E-state index in [-0.39, 0.29) is 29.6 Å². The van der Waals surface area contributed by atoms with Crippen molar-refractivity contribution in [1.29, 1.82) is 0 Å². The number of carbonyl (C=O) groups is 1. The van der Waals surface area contributed by atoms with Crippen LogP contribution in [-0.4, -0.2) is 41.9 Å². The fourth-order valence-electron chi connectivity index (χ4n) is 3.41. The Labute approximate surface area is 149 Å². The Morgan fingerprint density at radius 2 is 2.00 bits per heavy atom. The number of halogens is 2. The van der Waals surface area contributed by atoms with Crippen LogP contribution in [0.1, 0.15) is 29.6 Å². The molecule has 3 rings (SSSR count). The highest BCUT2D eigenvalue weighted by atomic mass is 79.9. The molecule has 2 heterocycles. The number of hydrogen-bond acceptors (Lipinski definition) is 4. The smallest absolute Gasteiger partial charge is 0.283 e. The molecule has 0 atom stereocenters. The predicted molar refractivity (Wildman–Crippen MR) is 93.1 cm³/mol. The zero-order valence-electron chi connectivity index (χ0n) is 12.6. The summed E-state index contributed by atoms with van der Waals surface area (Å²) in [6.45, 7) is 3.42. The molecule has 2 aliphatic heterocycles. The van der Waals surface area contributed by atoms with Crippen molar-refractivity contribution in [2.24, 2.45) is 5.41 Å². The van der Waals surface area contributed by atoms with Crippen molar-refractivity contribution in [2.45, 2.75) is 19.3 Å². The minimum absolute atomic E-state index is 0. The summed E-state index contributed by atoms with van der Waals surface area (Å²) >= 11 is 3.21. The number of piperidine rings is 1. The standard InChI is InChI=1S/C15H18BrN3O3.ClH/c16-11-1-2-12(13(9-11)19(21)22)14(20)18-7-4-15(5-8-18)3-6-17-10-15;/h1-2,9,17H,3-8,10H2;1H. The van der Waals surface area contributed by atoms with E-state index in [1.165, 1.54) is 12.1 Å². The summed E-state index contributed by atoms with van der Waals surface area (Å²) in [4.78, 5) is 25.1. The van der Waals surface area contributed by atoms with Crippen LogP contribution in [0.4, 0.5) is 5.69 Å². The largest absolute Gasteiger partial charge is 0.338 e. The number of likely N-dealkylation sites (tertiary alicyclic amines) is 1. The number of carbonyl (C=O) groups excluding carboxylic acids is 1. The lowest BCUT2D eigenvalue weighted by Gasteiger charge is -2.38. The molecule has 0 unspecified atom stereocenters. The highest BCUT2D eigenvalue weighted by Gasteiger charge is 2.38. The van der Waals surface area contributed by atoms with E-state index in [1.54, 1.807) is 11.0 Å². The molecule has 1 aromatic carbocycles. The molecule has 6 nitrogen and oxygen atoms in total. The van der Waals surface area contributed by atoms with E-state index in [0.717, 1.165) is 32.4 Å². The molecule has 0 aromatic heterocycles. The number of benzene rings is 1. The van der Waals surface area contributed by atoms with Crippen LogP contribution in [0.2, 0.25) is 0 Å². The molecule has 0 bridgehead atoms. The van der Waals surface area contributed by atoms with Gasteiger partial charge in [0.2, 0.25) is 0 Å². The van der Waals surface area contributed by atoms with Crippen LogP contribution in [-0.2, 0) is 0 Å². The average Bonchev–Trinajstić information content (AvgIpc) is 2.95. The van der Waals surface area contributed by atoms with Gasteiger partial charge in [-0.15, -0.1) is 12.4 Å². The molecule has 2 saturated heterocycles. The Hall–Kier alpha value is -1.18. The van der Waals surface area contributed by atoms with Gasteiger partial charge in [0.25, 0.3) is 11.6 Å². The Morgan fingerprint density at radius 3 is 2.57 bits per heavy atom. The SMILES string of the molecule is Cl.O=C(c1ccc(Br)cc1[N+](=O)[O-])N1CCC2(CCNC2)CC1. The van der Waals surface area contributed by atoms with Gasteiger partial charge in [-0.2, -0.15) is 0 Å². The molecule has 0 radical (unpaired) electrons. The number of nitro groups is 1. The minimum Gasteiger partial charge on any atom is -0.338 e. The number of rotatable bonds is 2. The van der Waals surface area contributed by atoms with Crippen molar-refractivity contribution in [3.63, 3.8) is 0 Å². The van der Waals surface area contributed by atoms with Crippen LogP contribution in [0.5, 0.6) is 0 Å². The fraction of sp³-hybridized carbons (Fsp3) is 0.533. The molecule has 126 valence electrons. The molecular formula is C15H19BrClN3O3. The number of amides is 1. The third kappa shape index (κ3) is 3.67. The van der Waals surface area contributed by atoms with Crippen LogP contribution in [0.15, 0.2) is 22.7 Å². The minimum atomic E-state index is -0.496.